The minimum Gasteiger partial charge on any atom is -0.485 e. The largest absolute Gasteiger partial charge is 0.485 e. The van der Waals surface area contributed by atoms with Crippen molar-refractivity contribution < 1.29 is 9.53 Å². The van der Waals surface area contributed by atoms with E-state index in [1.165, 1.54) is 10.5 Å². The molecule has 0 saturated heterocycles. The molecule has 0 radical (unpaired) electrons. The van der Waals surface area contributed by atoms with Gasteiger partial charge in [-0.1, -0.05) is 24.3 Å². The summed E-state index contributed by atoms with van der Waals surface area (Å²) in [6.07, 6.45) is 1.71. The van der Waals surface area contributed by atoms with Crippen LogP contribution in [0.1, 0.15) is 22.4 Å². The summed E-state index contributed by atoms with van der Waals surface area (Å²) < 4.78 is 7.39. The Bertz CT molecular complexity index is 1360. The highest BCUT2D eigenvalue weighted by atomic mass is 16.5. The zero-order valence-corrected chi connectivity index (χ0v) is 18.2. The number of para-hydroxylation sites is 2. The maximum atomic E-state index is 12.6. The Morgan fingerprint density at radius 3 is 2.53 bits per heavy atom. The zero-order valence-electron chi connectivity index (χ0n) is 18.2. The fourth-order valence-corrected chi connectivity index (χ4v) is 3.32. The molecule has 7 heteroatoms. The minimum atomic E-state index is -0.368. The summed E-state index contributed by atoms with van der Waals surface area (Å²) in [7, 11) is 0. The number of carbonyl (C=O) groups is 1. The molecule has 7 nitrogen and oxygen atoms in total. The summed E-state index contributed by atoms with van der Waals surface area (Å²) in [5, 5.41) is 5.70. The molecule has 32 heavy (non-hydrogen) atoms. The van der Waals surface area contributed by atoms with E-state index in [2.05, 4.69) is 15.6 Å². The molecular weight excluding hydrogens is 404 g/mol. The zero-order chi connectivity index (χ0) is 22.7. The molecule has 2 N–H and O–H groups in total. The number of carbonyl (C=O) groups excluding carboxylic acids is 1. The van der Waals surface area contributed by atoms with Gasteiger partial charge in [0.15, 0.2) is 0 Å². The first-order valence-corrected chi connectivity index (χ1v) is 10.2. The van der Waals surface area contributed by atoms with E-state index in [0.29, 0.717) is 22.8 Å². The molecule has 0 fully saturated rings. The van der Waals surface area contributed by atoms with Crippen LogP contribution in [0.2, 0.25) is 0 Å². The fourth-order valence-electron chi connectivity index (χ4n) is 3.32. The SMILES string of the molecule is Cc1ccc(C)c(NC(=O)Nc2ccccc2OCc2cc(=O)n3ccc(C)cc3n2)c1. The number of fused-ring (bicyclic) bond motifs is 1. The van der Waals surface area contributed by atoms with Gasteiger partial charge in [-0.2, -0.15) is 0 Å². The van der Waals surface area contributed by atoms with Crippen LogP contribution in [0.25, 0.3) is 5.65 Å². The van der Waals surface area contributed by atoms with Gasteiger partial charge in [0.1, 0.15) is 18.0 Å². The van der Waals surface area contributed by atoms with Crippen molar-refractivity contribution in [3.8, 4) is 5.75 Å². The van der Waals surface area contributed by atoms with Crippen LogP contribution >= 0.6 is 0 Å². The maximum absolute atomic E-state index is 12.6. The number of hydrogen-bond acceptors (Lipinski definition) is 4. The number of hydrogen-bond donors (Lipinski definition) is 2. The first-order chi connectivity index (χ1) is 15.4. The number of pyridine rings is 1. The Hall–Kier alpha value is -4.13. The lowest BCUT2D eigenvalue weighted by Crippen LogP contribution is -2.20. The predicted molar refractivity (Wildman–Crippen MR) is 126 cm³/mol. The third kappa shape index (κ3) is 4.78. The van der Waals surface area contributed by atoms with Crippen LogP contribution in [0.3, 0.4) is 0 Å². The lowest BCUT2D eigenvalue weighted by atomic mass is 10.1. The summed E-state index contributed by atoms with van der Waals surface area (Å²) in [5.41, 5.74) is 5.21. The second-order valence-corrected chi connectivity index (χ2v) is 7.70. The first-order valence-electron chi connectivity index (χ1n) is 10.2. The van der Waals surface area contributed by atoms with Crippen LogP contribution in [0.4, 0.5) is 16.2 Å². The smallest absolute Gasteiger partial charge is 0.323 e. The summed E-state index contributed by atoms with van der Waals surface area (Å²) in [6.45, 7) is 5.95. The molecule has 0 saturated carbocycles. The first kappa shape index (κ1) is 21.1. The minimum absolute atomic E-state index is 0.0942. The van der Waals surface area contributed by atoms with Crippen molar-refractivity contribution in [1.29, 1.82) is 0 Å². The molecule has 162 valence electrons. The third-order valence-corrected chi connectivity index (χ3v) is 5.03. The number of aryl methyl sites for hydroxylation is 3. The highest BCUT2D eigenvalue weighted by Gasteiger charge is 2.10. The average Bonchev–Trinajstić information content (AvgIpc) is 2.75. The topological polar surface area (TPSA) is 84.7 Å². The summed E-state index contributed by atoms with van der Waals surface area (Å²) in [4.78, 5) is 29.4. The van der Waals surface area contributed by atoms with Gasteiger partial charge in [-0.05, 0) is 67.8 Å². The van der Waals surface area contributed by atoms with E-state index in [-0.39, 0.29) is 18.2 Å². The standard InChI is InChI=1S/C25H24N4O3/c1-16-8-9-18(3)21(12-16)28-25(31)27-20-6-4-5-7-22(20)32-15-19-14-24(30)29-11-10-17(2)13-23(29)26-19/h4-14H,15H2,1-3H3,(H2,27,28,31). The monoisotopic (exact) mass is 428 g/mol. The lowest BCUT2D eigenvalue weighted by Gasteiger charge is -2.14. The maximum Gasteiger partial charge on any atom is 0.323 e. The molecule has 0 aliphatic carbocycles. The molecule has 4 rings (SSSR count). The van der Waals surface area contributed by atoms with E-state index in [1.54, 1.807) is 18.3 Å². The van der Waals surface area contributed by atoms with Crippen LogP contribution in [0, 0.1) is 20.8 Å². The number of urea groups is 1. The highest BCUT2D eigenvalue weighted by molar-refractivity contribution is 6.01. The van der Waals surface area contributed by atoms with Crippen molar-refractivity contribution >= 4 is 23.1 Å². The van der Waals surface area contributed by atoms with E-state index in [0.717, 1.165) is 22.4 Å². The van der Waals surface area contributed by atoms with Crippen LogP contribution in [-0.4, -0.2) is 15.4 Å². The van der Waals surface area contributed by atoms with Gasteiger partial charge in [0, 0.05) is 18.0 Å². The molecule has 2 heterocycles. The number of benzene rings is 2. The van der Waals surface area contributed by atoms with E-state index < -0.39 is 0 Å². The summed E-state index contributed by atoms with van der Waals surface area (Å²) in [6, 6.07) is 17.8. The summed E-state index contributed by atoms with van der Waals surface area (Å²) >= 11 is 0. The van der Waals surface area contributed by atoms with Crippen LogP contribution in [0.5, 0.6) is 5.75 Å². The van der Waals surface area contributed by atoms with Crippen molar-refractivity contribution in [2.75, 3.05) is 10.6 Å². The van der Waals surface area contributed by atoms with Crippen LogP contribution < -0.4 is 20.9 Å². The molecule has 0 bridgehead atoms. The highest BCUT2D eigenvalue weighted by Crippen LogP contribution is 2.25. The second kappa shape index (κ2) is 8.93. The quantitative estimate of drug-likeness (QED) is 0.476. The van der Waals surface area contributed by atoms with Gasteiger partial charge in [-0.25, -0.2) is 9.78 Å². The van der Waals surface area contributed by atoms with E-state index in [9.17, 15) is 9.59 Å². The van der Waals surface area contributed by atoms with E-state index >= 15 is 0 Å². The van der Waals surface area contributed by atoms with Crippen LogP contribution in [0.15, 0.2) is 71.7 Å². The third-order valence-electron chi connectivity index (χ3n) is 5.03. The van der Waals surface area contributed by atoms with Crippen molar-refractivity contribution in [3.05, 3.63) is 99.6 Å². The number of nitrogens with zero attached hydrogens (tertiary/aromatic N) is 2. The Morgan fingerprint density at radius 1 is 0.938 bits per heavy atom. The van der Waals surface area contributed by atoms with Gasteiger partial charge in [-0.15, -0.1) is 0 Å². The van der Waals surface area contributed by atoms with Gasteiger partial charge in [0.2, 0.25) is 0 Å². The molecule has 4 aromatic rings. The van der Waals surface area contributed by atoms with Crippen molar-refractivity contribution in [1.82, 2.24) is 9.38 Å². The molecule has 0 atom stereocenters. The summed E-state index contributed by atoms with van der Waals surface area (Å²) in [5.74, 6) is 0.481. The Labute approximate surface area is 185 Å². The number of amides is 2. The van der Waals surface area contributed by atoms with Gasteiger partial charge < -0.3 is 15.4 Å². The van der Waals surface area contributed by atoms with Gasteiger partial charge in [0.25, 0.3) is 5.56 Å². The fraction of sp³-hybridized carbons (Fsp3) is 0.160. The van der Waals surface area contributed by atoms with E-state index in [1.807, 2.05) is 63.2 Å². The number of aromatic nitrogens is 2. The molecule has 0 aliphatic rings. The molecule has 2 amide bonds. The van der Waals surface area contributed by atoms with Gasteiger partial charge in [0.05, 0.1) is 11.4 Å². The Morgan fingerprint density at radius 2 is 1.69 bits per heavy atom. The average molecular weight is 428 g/mol. The number of nitrogens with one attached hydrogen (secondary N) is 2. The number of anilines is 2. The molecule has 2 aromatic heterocycles. The lowest BCUT2D eigenvalue weighted by molar-refractivity contribution is 0.261. The Balaban J connectivity index is 1.49. The molecular formula is C25H24N4O3. The van der Waals surface area contributed by atoms with Gasteiger partial charge >= 0.3 is 6.03 Å². The van der Waals surface area contributed by atoms with Crippen molar-refractivity contribution in [2.45, 2.75) is 27.4 Å². The van der Waals surface area contributed by atoms with Crippen molar-refractivity contribution in [2.24, 2.45) is 0 Å². The van der Waals surface area contributed by atoms with Crippen LogP contribution in [-0.2, 0) is 6.61 Å². The molecule has 0 spiro atoms. The number of ether oxygens (including phenoxy) is 1. The second-order valence-electron chi connectivity index (χ2n) is 7.70. The number of rotatable bonds is 5. The molecule has 2 aromatic carbocycles. The molecule has 0 aliphatic heterocycles. The normalized spacial score (nSPS) is 10.7. The predicted octanol–water partition coefficient (Wildman–Crippen LogP) is 4.84. The van der Waals surface area contributed by atoms with Crippen molar-refractivity contribution in [3.63, 3.8) is 0 Å². The van der Waals surface area contributed by atoms with E-state index in [4.69, 9.17) is 4.74 Å². The van der Waals surface area contributed by atoms with Gasteiger partial charge in [-0.3, -0.25) is 9.20 Å². The Kier molecular flexibility index (Phi) is 5.89. The molecule has 0 unspecified atom stereocenters.